The van der Waals surface area contributed by atoms with Gasteiger partial charge in [0.2, 0.25) is 5.91 Å². The first-order valence-electron chi connectivity index (χ1n) is 7.95. The van der Waals surface area contributed by atoms with Crippen molar-refractivity contribution in [3.63, 3.8) is 0 Å². The van der Waals surface area contributed by atoms with E-state index >= 15 is 0 Å². The lowest BCUT2D eigenvalue weighted by Crippen LogP contribution is -2.44. The highest BCUT2D eigenvalue weighted by Crippen LogP contribution is 2.38. The smallest absolute Gasteiger partial charge is 0.267 e. The predicted molar refractivity (Wildman–Crippen MR) is 80.2 cm³/mol. The summed E-state index contributed by atoms with van der Waals surface area (Å²) in [6.45, 7) is 5.54. The molecule has 114 valence electrons. The molecule has 21 heavy (non-hydrogen) atoms. The van der Waals surface area contributed by atoms with Gasteiger partial charge in [-0.05, 0) is 44.6 Å². The summed E-state index contributed by atoms with van der Waals surface area (Å²) in [7, 11) is 0. The highest BCUT2D eigenvalue weighted by molar-refractivity contribution is 5.80. The molecule has 5 nitrogen and oxygen atoms in total. The third-order valence-electron chi connectivity index (χ3n) is 4.53. The lowest BCUT2D eigenvalue weighted by Gasteiger charge is -2.32. The van der Waals surface area contributed by atoms with Crippen molar-refractivity contribution in [2.75, 3.05) is 13.1 Å². The summed E-state index contributed by atoms with van der Waals surface area (Å²) in [5.74, 6) is 1.04. The zero-order valence-electron chi connectivity index (χ0n) is 12.8. The number of carbonyl (C=O) groups excluding carboxylic acids is 1. The Labute approximate surface area is 124 Å². The van der Waals surface area contributed by atoms with Gasteiger partial charge in [0.15, 0.2) is 0 Å². The Morgan fingerprint density at radius 3 is 2.76 bits per heavy atom. The van der Waals surface area contributed by atoms with Crippen LogP contribution in [0.15, 0.2) is 16.9 Å². The van der Waals surface area contributed by atoms with Gasteiger partial charge in [0.25, 0.3) is 5.56 Å². The molecule has 0 N–H and O–H groups in total. The minimum absolute atomic E-state index is 0.0177. The molecule has 1 saturated carbocycles. The molecule has 1 aliphatic carbocycles. The van der Waals surface area contributed by atoms with Gasteiger partial charge >= 0.3 is 0 Å². The highest BCUT2D eigenvalue weighted by Gasteiger charge is 2.29. The number of carbonyl (C=O) groups is 1. The molecule has 2 heterocycles. The van der Waals surface area contributed by atoms with Gasteiger partial charge < -0.3 is 4.90 Å². The largest absolute Gasteiger partial charge is 0.341 e. The predicted octanol–water partition coefficient (Wildman–Crippen LogP) is 1.94. The molecule has 2 unspecified atom stereocenters. The van der Waals surface area contributed by atoms with Crippen LogP contribution >= 0.6 is 0 Å². The average Bonchev–Trinajstić information content (AvgIpc) is 3.31. The van der Waals surface area contributed by atoms with Gasteiger partial charge in [-0.15, -0.1) is 0 Å². The fraction of sp³-hybridized carbons (Fsp3) is 0.688. The van der Waals surface area contributed by atoms with Crippen molar-refractivity contribution >= 4 is 5.91 Å². The van der Waals surface area contributed by atoms with Crippen LogP contribution in [-0.2, 0) is 4.79 Å². The monoisotopic (exact) mass is 289 g/mol. The summed E-state index contributed by atoms with van der Waals surface area (Å²) in [6, 6.07) is 2.83. The van der Waals surface area contributed by atoms with Gasteiger partial charge in [0.1, 0.15) is 6.04 Å². The van der Waals surface area contributed by atoms with Crippen LogP contribution < -0.4 is 5.56 Å². The molecule has 0 aromatic carbocycles. The Hall–Kier alpha value is -1.65. The molecule has 0 spiro atoms. The van der Waals surface area contributed by atoms with Gasteiger partial charge in [-0.2, -0.15) is 5.10 Å². The van der Waals surface area contributed by atoms with Crippen molar-refractivity contribution < 1.29 is 4.79 Å². The molecule has 1 aromatic heterocycles. The van der Waals surface area contributed by atoms with E-state index in [0.29, 0.717) is 11.8 Å². The van der Waals surface area contributed by atoms with Gasteiger partial charge in [-0.25, -0.2) is 4.68 Å². The number of amides is 1. The molecular weight excluding hydrogens is 266 g/mol. The molecular formula is C16H23N3O2. The number of hydrogen-bond donors (Lipinski definition) is 0. The Bertz CT molecular complexity index is 591. The van der Waals surface area contributed by atoms with Crippen LogP contribution in [-0.4, -0.2) is 33.7 Å². The molecule has 1 aliphatic heterocycles. The standard InChI is InChI=1S/C16H23N3O2/c1-11-4-3-9-18(10-11)16(21)12(2)19-15(20)8-7-14(17-19)13-5-6-13/h7-8,11-13H,3-6,9-10H2,1-2H3. The van der Waals surface area contributed by atoms with Crippen molar-refractivity contribution in [1.82, 2.24) is 14.7 Å². The lowest BCUT2D eigenvalue weighted by atomic mass is 10.00. The summed E-state index contributed by atoms with van der Waals surface area (Å²) in [6.07, 6.45) is 4.49. The van der Waals surface area contributed by atoms with Crippen LogP contribution in [0.4, 0.5) is 0 Å². The fourth-order valence-electron chi connectivity index (χ4n) is 3.07. The number of likely N-dealkylation sites (tertiary alicyclic amines) is 1. The molecule has 0 bridgehead atoms. The third kappa shape index (κ3) is 3.01. The SMILES string of the molecule is CC1CCCN(C(=O)C(C)n2nc(C3CC3)ccc2=O)C1. The summed E-state index contributed by atoms with van der Waals surface area (Å²) >= 11 is 0. The van der Waals surface area contributed by atoms with Gasteiger partial charge in [0, 0.05) is 25.1 Å². The molecule has 2 atom stereocenters. The van der Waals surface area contributed by atoms with E-state index in [4.69, 9.17) is 0 Å². The Balaban J connectivity index is 1.80. The summed E-state index contributed by atoms with van der Waals surface area (Å²) < 4.78 is 1.37. The van der Waals surface area contributed by atoms with Crippen molar-refractivity contribution in [2.24, 2.45) is 5.92 Å². The lowest BCUT2D eigenvalue weighted by molar-refractivity contribution is -0.136. The number of hydrogen-bond acceptors (Lipinski definition) is 3. The maximum absolute atomic E-state index is 12.6. The van der Waals surface area contributed by atoms with Crippen molar-refractivity contribution in [1.29, 1.82) is 0 Å². The topological polar surface area (TPSA) is 55.2 Å². The fourth-order valence-corrected chi connectivity index (χ4v) is 3.07. The van der Waals surface area contributed by atoms with E-state index in [0.717, 1.165) is 38.0 Å². The van der Waals surface area contributed by atoms with Crippen molar-refractivity contribution in [3.8, 4) is 0 Å². The van der Waals surface area contributed by atoms with E-state index in [-0.39, 0.29) is 11.5 Å². The highest BCUT2D eigenvalue weighted by atomic mass is 16.2. The normalized spacial score (nSPS) is 23.9. The van der Waals surface area contributed by atoms with Gasteiger partial charge in [-0.1, -0.05) is 6.92 Å². The minimum Gasteiger partial charge on any atom is -0.341 e. The molecule has 1 amide bonds. The molecule has 3 rings (SSSR count). The Kier molecular flexibility index (Phi) is 3.83. The van der Waals surface area contributed by atoms with Crippen LogP contribution in [0.1, 0.15) is 57.2 Å². The summed E-state index contributed by atoms with van der Waals surface area (Å²) in [4.78, 5) is 26.5. The van der Waals surface area contributed by atoms with Gasteiger partial charge in [-0.3, -0.25) is 9.59 Å². The summed E-state index contributed by atoms with van der Waals surface area (Å²) in [5.41, 5.74) is 0.756. The van der Waals surface area contributed by atoms with Crippen LogP contribution in [0.25, 0.3) is 0 Å². The molecule has 0 radical (unpaired) electrons. The van der Waals surface area contributed by atoms with Crippen LogP contribution in [0.5, 0.6) is 0 Å². The minimum atomic E-state index is -0.512. The zero-order chi connectivity index (χ0) is 15.0. The van der Waals surface area contributed by atoms with Crippen LogP contribution in [0.3, 0.4) is 0 Å². The summed E-state index contributed by atoms with van der Waals surface area (Å²) in [5, 5.41) is 4.43. The molecule has 2 aliphatic rings. The van der Waals surface area contributed by atoms with Crippen molar-refractivity contribution in [3.05, 3.63) is 28.2 Å². The van der Waals surface area contributed by atoms with Gasteiger partial charge in [0.05, 0.1) is 5.69 Å². The van der Waals surface area contributed by atoms with E-state index in [1.54, 1.807) is 19.1 Å². The maximum atomic E-state index is 12.6. The number of piperidine rings is 1. The van der Waals surface area contributed by atoms with Crippen LogP contribution in [0, 0.1) is 5.92 Å². The second-order valence-electron chi connectivity index (χ2n) is 6.52. The number of nitrogens with zero attached hydrogens (tertiary/aromatic N) is 3. The van der Waals surface area contributed by atoms with E-state index in [1.807, 2.05) is 4.90 Å². The first kappa shape index (κ1) is 14.3. The van der Waals surface area contributed by atoms with Crippen molar-refractivity contribution in [2.45, 2.75) is 51.5 Å². The Morgan fingerprint density at radius 1 is 1.33 bits per heavy atom. The van der Waals surface area contributed by atoms with E-state index in [2.05, 4.69) is 12.0 Å². The van der Waals surface area contributed by atoms with Crippen LogP contribution in [0.2, 0.25) is 0 Å². The second-order valence-corrected chi connectivity index (χ2v) is 6.52. The molecule has 2 fully saturated rings. The first-order chi connectivity index (χ1) is 10.1. The quantitative estimate of drug-likeness (QED) is 0.854. The average molecular weight is 289 g/mol. The third-order valence-corrected chi connectivity index (χ3v) is 4.53. The Morgan fingerprint density at radius 2 is 2.10 bits per heavy atom. The van der Waals surface area contributed by atoms with E-state index < -0.39 is 6.04 Å². The number of rotatable bonds is 3. The maximum Gasteiger partial charge on any atom is 0.267 e. The molecule has 1 saturated heterocycles. The molecule has 5 heteroatoms. The van der Waals surface area contributed by atoms with E-state index in [9.17, 15) is 9.59 Å². The zero-order valence-corrected chi connectivity index (χ0v) is 12.8. The second kappa shape index (κ2) is 5.62. The molecule has 1 aromatic rings. The first-order valence-corrected chi connectivity index (χ1v) is 7.95. The van der Waals surface area contributed by atoms with E-state index in [1.165, 1.54) is 11.1 Å². The number of aromatic nitrogens is 2.